The lowest BCUT2D eigenvalue weighted by molar-refractivity contribution is -0.120. The van der Waals surface area contributed by atoms with Crippen LogP contribution < -0.4 is 10.2 Å². The van der Waals surface area contributed by atoms with Crippen LogP contribution in [0.5, 0.6) is 0 Å². The molecular weight excluding hydrogens is 432 g/mol. The van der Waals surface area contributed by atoms with Crippen LogP contribution in [0, 0.1) is 12.8 Å². The Labute approximate surface area is 188 Å². The van der Waals surface area contributed by atoms with E-state index in [0.717, 1.165) is 37.4 Å². The summed E-state index contributed by atoms with van der Waals surface area (Å²) in [5, 5.41) is 4.80. The number of rotatable bonds is 5. The summed E-state index contributed by atoms with van der Waals surface area (Å²) in [4.78, 5) is 17.6. The number of amides is 1. The molecule has 1 atom stereocenters. The van der Waals surface area contributed by atoms with Gasteiger partial charge in [-0.25, -0.2) is 8.42 Å². The van der Waals surface area contributed by atoms with Gasteiger partial charge in [0.25, 0.3) is 10.0 Å². The first kappa shape index (κ1) is 22.3. The van der Waals surface area contributed by atoms with E-state index in [1.54, 1.807) is 17.5 Å². The van der Waals surface area contributed by atoms with Crippen molar-refractivity contribution < 1.29 is 13.2 Å². The number of nitrogens with one attached hydrogen (secondary N) is 1. The van der Waals surface area contributed by atoms with E-state index in [0.29, 0.717) is 23.6 Å². The van der Waals surface area contributed by atoms with Gasteiger partial charge in [0.1, 0.15) is 4.21 Å². The lowest BCUT2D eigenvalue weighted by Crippen LogP contribution is -2.44. The minimum Gasteiger partial charge on any atom is -0.369 e. The van der Waals surface area contributed by atoms with Gasteiger partial charge in [0.2, 0.25) is 5.91 Å². The Balaban J connectivity index is 1.41. The van der Waals surface area contributed by atoms with Crippen molar-refractivity contribution in [2.45, 2.75) is 24.0 Å². The first-order chi connectivity index (χ1) is 14.8. The van der Waals surface area contributed by atoms with E-state index in [2.05, 4.69) is 34.3 Å². The minimum atomic E-state index is -3.53. The number of benzene rings is 1. The summed E-state index contributed by atoms with van der Waals surface area (Å²) in [6, 6.07) is 9.50. The molecule has 7 nitrogen and oxygen atoms in total. The smallest absolute Gasteiger partial charge is 0.252 e. The lowest BCUT2D eigenvalue weighted by atomic mass is 9.98. The summed E-state index contributed by atoms with van der Waals surface area (Å²) in [6.07, 6.45) is 1.38. The van der Waals surface area contributed by atoms with E-state index < -0.39 is 10.0 Å². The number of nitrogens with zero attached hydrogens (tertiary/aromatic N) is 3. The van der Waals surface area contributed by atoms with Gasteiger partial charge in [-0.15, -0.1) is 11.3 Å². The molecule has 1 amide bonds. The number of hydrogen-bond donors (Lipinski definition) is 1. The highest BCUT2D eigenvalue weighted by molar-refractivity contribution is 7.91. The molecule has 0 saturated carbocycles. The first-order valence-electron chi connectivity index (χ1n) is 10.7. The molecule has 2 aliphatic heterocycles. The fraction of sp³-hybridized carbons (Fsp3) is 0.500. The molecule has 2 fully saturated rings. The van der Waals surface area contributed by atoms with Crippen molar-refractivity contribution in [2.24, 2.45) is 5.92 Å². The van der Waals surface area contributed by atoms with Crippen LogP contribution in [0.1, 0.15) is 18.4 Å². The van der Waals surface area contributed by atoms with Crippen LogP contribution in [0.15, 0.2) is 39.9 Å². The van der Waals surface area contributed by atoms with Crippen LogP contribution in [0.2, 0.25) is 0 Å². The Hall–Kier alpha value is -1.94. The molecule has 168 valence electrons. The topological polar surface area (TPSA) is 73.0 Å². The van der Waals surface area contributed by atoms with Gasteiger partial charge in [-0.2, -0.15) is 4.31 Å². The number of aryl methyl sites for hydroxylation is 1. The Bertz CT molecular complexity index is 1020. The normalized spacial score (nSPS) is 21.2. The molecule has 2 aliphatic rings. The maximum atomic E-state index is 13.0. The van der Waals surface area contributed by atoms with Crippen molar-refractivity contribution in [1.29, 1.82) is 0 Å². The van der Waals surface area contributed by atoms with Crippen LogP contribution in [-0.2, 0) is 14.8 Å². The molecule has 31 heavy (non-hydrogen) atoms. The number of carbonyl (C=O) groups is 1. The molecule has 1 N–H and O–H groups in total. The zero-order valence-electron chi connectivity index (χ0n) is 18.1. The Morgan fingerprint density at radius 1 is 1.13 bits per heavy atom. The van der Waals surface area contributed by atoms with Gasteiger partial charge in [0.05, 0.1) is 5.92 Å². The van der Waals surface area contributed by atoms with Crippen LogP contribution >= 0.6 is 11.3 Å². The quantitative estimate of drug-likeness (QED) is 0.740. The van der Waals surface area contributed by atoms with Gasteiger partial charge in [0, 0.05) is 50.6 Å². The molecular formula is C22H30N4O3S2. The summed E-state index contributed by atoms with van der Waals surface area (Å²) >= 11 is 1.21. The van der Waals surface area contributed by atoms with Crippen LogP contribution in [0.25, 0.3) is 0 Å². The number of sulfonamides is 1. The van der Waals surface area contributed by atoms with Gasteiger partial charge in [-0.1, -0.05) is 6.07 Å². The third-order valence-corrected chi connectivity index (χ3v) is 9.42. The predicted molar refractivity (Wildman–Crippen MR) is 125 cm³/mol. The van der Waals surface area contributed by atoms with Gasteiger partial charge >= 0.3 is 0 Å². The maximum Gasteiger partial charge on any atom is 0.252 e. The van der Waals surface area contributed by atoms with E-state index in [1.165, 1.54) is 21.3 Å². The molecule has 0 spiro atoms. The average Bonchev–Trinajstić information content (AvgIpc) is 3.32. The van der Waals surface area contributed by atoms with E-state index in [9.17, 15) is 13.2 Å². The highest BCUT2D eigenvalue weighted by Gasteiger charge is 2.34. The monoisotopic (exact) mass is 462 g/mol. The molecule has 3 heterocycles. The number of carbonyl (C=O) groups excluding carboxylic acids is 1. The zero-order chi connectivity index (χ0) is 22.0. The zero-order valence-corrected chi connectivity index (χ0v) is 19.7. The van der Waals surface area contributed by atoms with Crippen molar-refractivity contribution in [3.8, 4) is 0 Å². The summed E-state index contributed by atoms with van der Waals surface area (Å²) in [6.45, 7) is 6.78. The molecule has 2 aromatic rings. The highest BCUT2D eigenvalue weighted by Crippen LogP contribution is 2.28. The first-order valence-corrected chi connectivity index (χ1v) is 13.1. The van der Waals surface area contributed by atoms with Gasteiger partial charge in [-0.3, -0.25) is 4.79 Å². The van der Waals surface area contributed by atoms with Crippen molar-refractivity contribution in [1.82, 2.24) is 9.21 Å². The summed E-state index contributed by atoms with van der Waals surface area (Å²) < 4.78 is 27.5. The second-order valence-electron chi connectivity index (χ2n) is 8.41. The Morgan fingerprint density at radius 2 is 1.90 bits per heavy atom. The van der Waals surface area contributed by atoms with Crippen molar-refractivity contribution in [3.63, 3.8) is 0 Å². The molecule has 9 heteroatoms. The predicted octanol–water partition coefficient (Wildman–Crippen LogP) is 2.85. The largest absolute Gasteiger partial charge is 0.369 e. The lowest BCUT2D eigenvalue weighted by Gasteiger charge is -2.34. The second kappa shape index (κ2) is 9.28. The van der Waals surface area contributed by atoms with E-state index in [4.69, 9.17) is 0 Å². The standard InChI is InChI=1S/C22H30N4O3S2/c1-17-15-19(25-12-10-24(2)11-13-25)7-8-20(17)23-22(27)18-5-3-9-26(16-18)31(28,29)21-6-4-14-30-21/h4,6-8,14-15,18H,3,5,9-13,16H2,1-2H3,(H,23,27). The fourth-order valence-corrected chi connectivity index (χ4v) is 6.86. The third kappa shape index (κ3) is 4.95. The number of piperazine rings is 1. The molecule has 4 rings (SSSR count). The number of piperidine rings is 1. The number of hydrogen-bond acceptors (Lipinski definition) is 6. The minimum absolute atomic E-state index is 0.110. The van der Waals surface area contributed by atoms with Gasteiger partial charge in [-0.05, 0) is 62.0 Å². The molecule has 0 aliphatic carbocycles. The van der Waals surface area contributed by atoms with Crippen LogP contribution in [0.3, 0.4) is 0 Å². The van der Waals surface area contributed by atoms with Crippen molar-refractivity contribution >= 4 is 38.6 Å². The Kier molecular flexibility index (Phi) is 6.66. The SMILES string of the molecule is Cc1cc(N2CCN(C)CC2)ccc1NC(=O)C1CCCN(S(=O)(=O)c2cccs2)C1. The van der Waals surface area contributed by atoms with E-state index in [-0.39, 0.29) is 18.4 Å². The van der Waals surface area contributed by atoms with Gasteiger partial charge < -0.3 is 15.1 Å². The third-order valence-electron chi connectivity index (χ3n) is 6.18. The van der Waals surface area contributed by atoms with Crippen molar-refractivity contribution in [2.75, 3.05) is 56.5 Å². The van der Waals surface area contributed by atoms with Gasteiger partial charge in [0.15, 0.2) is 0 Å². The number of thiophene rings is 1. The molecule has 1 unspecified atom stereocenters. The molecule has 0 bridgehead atoms. The second-order valence-corrected chi connectivity index (χ2v) is 11.5. The van der Waals surface area contributed by atoms with Crippen LogP contribution in [-0.4, -0.2) is 69.8 Å². The fourth-order valence-electron chi connectivity index (χ4n) is 4.20. The summed E-state index contributed by atoms with van der Waals surface area (Å²) in [5.74, 6) is -0.457. The average molecular weight is 463 g/mol. The Morgan fingerprint density at radius 3 is 2.58 bits per heavy atom. The van der Waals surface area contributed by atoms with Crippen LogP contribution in [0.4, 0.5) is 11.4 Å². The molecule has 1 aromatic heterocycles. The van der Waals surface area contributed by atoms with Crippen molar-refractivity contribution in [3.05, 3.63) is 41.3 Å². The summed E-state index contributed by atoms with van der Waals surface area (Å²) in [5.41, 5.74) is 2.99. The molecule has 0 radical (unpaired) electrons. The number of likely N-dealkylation sites (N-methyl/N-ethyl adjacent to an activating group) is 1. The van der Waals surface area contributed by atoms with E-state index in [1.807, 2.05) is 13.0 Å². The molecule has 1 aromatic carbocycles. The maximum absolute atomic E-state index is 13.0. The number of anilines is 2. The summed E-state index contributed by atoms with van der Waals surface area (Å²) in [7, 11) is -1.39. The molecule has 2 saturated heterocycles. The highest BCUT2D eigenvalue weighted by atomic mass is 32.2. The van der Waals surface area contributed by atoms with E-state index >= 15 is 0 Å².